The van der Waals surface area contributed by atoms with E-state index in [-0.39, 0.29) is 23.9 Å². The topological polar surface area (TPSA) is 80.1 Å². The van der Waals surface area contributed by atoms with Gasteiger partial charge in [-0.05, 0) is 18.4 Å². The Balaban J connectivity index is 1.41. The number of urea groups is 1. The first-order valence-corrected chi connectivity index (χ1v) is 8.24. The summed E-state index contributed by atoms with van der Waals surface area (Å²) in [6.07, 6.45) is 4.49. The molecule has 0 aliphatic carbocycles. The zero-order chi connectivity index (χ0) is 16.5. The molecule has 2 fully saturated rings. The van der Waals surface area contributed by atoms with Crippen LogP contribution in [0.15, 0.2) is 36.5 Å². The lowest BCUT2D eigenvalue weighted by molar-refractivity contribution is -0.122. The Kier molecular flexibility index (Phi) is 3.76. The number of piperidine rings is 1. The number of anilines is 1. The van der Waals surface area contributed by atoms with Gasteiger partial charge in [0.25, 0.3) is 0 Å². The van der Waals surface area contributed by atoms with E-state index in [2.05, 4.69) is 15.6 Å². The van der Waals surface area contributed by atoms with Crippen molar-refractivity contribution in [1.82, 2.24) is 19.9 Å². The highest BCUT2D eigenvalue weighted by molar-refractivity contribution is 5.91. The van der Waals surface area contributed by atoms with Crippen LogP contribution < -0.4 is 5.32 Å². The fraction of sp³-hybridized carbons (Fsp3) is 0.412. The molecule has 2 saturated heterocycles. The molecule has 0 spiro atoms. The van der Waals surface area contributed by atoms with Crippen LogP contribution in [0.4, 0.5) is 10.6 Å². The Hall–Kier alpha value is -2.70. The summed E-state index contributed by atoms with van der Waals surface area (Å²) in [7, 11) is 0. The summed E-state index contributed by atoms with van der Waals surface area (Å²) in [5.74, 6) is 0.701. The third kappa shape index (κ3) is 2.89. The molecule has 2 amide bonds. The zero-order valence-corrected chi connectivity index (χ0v) is 13.3. The third-order valence-corrected chi connectivity index (χ3v) is 4.74. The Morgan fingerprint density at radius 2 is 1.88 bits per heavy atom. The van der Waals surface area contributed by atoms with E-state index < -0.39 is 0 Å². The Morgan fingerprint density at radius 1 is 1.17 bits per heavy atom. The fourth-order valence-electron chi connectivity index (χ4n) is 3.68. The second-order valence-corrected chi connectivity index (χ2v) is 6.46. The van der Waals surface area contributed by atoms with Gasteiger partial charge in [0, 0.05) is 24.9 Å². The number of nitrogens with one attached hydrogen (secondary N) is 1. The Labute approximate surface area is 139 Å². The summed E-state index contributed by atoms with van der Waals surface area (Å²) in [4.78, 5) is 26.0. The second kappa shape index (κ2) is 6.07. The van der Waals surface area contributed by atoms with Gasteiger partial charge < -0.3 is 4.90 Å². The van der Waals surface area contributed by atoms with Crippen molar-refractivity contribution in [3.63, 3.8) is 0 Å². The number of fused-ring (bicyclic) bond motifs is 2. The number of amides is 2. The minimum Gasteiger partial charge on any atom is -0.318 e. The van der Waals surface area contributed by atoms with Crippen molar-refractivity contribution in [2.45, 2.75) is 44.3 Å². The average Bonchev–Trinajstić information content (AvgIpc) is 3.11. The predicted octanol–water partition coefficient (Wildman–Crippen LogP) is 2.05. The van der Waals surface area contributed by atoms with E-state index in [0.717, 1.165) is 18.4 Å². The lowest BCUT2D eigenvalue weighted by Crippen LogP contribution is -2.48. The monoisotopic (exact) mass is 325 g/mol. The standard InChI is InChI=1S/C17H19N5O2/c23-15-8-13-6-7-14(9-15)22(13)17(24)18-16-11-21(20-19-16)10-12-4-2-1-3-5-12/h1-5,11,13-14H,6-10H2,(H,18,24). The molecule has 4 rings (SSSR count). The number of rotatable bonds is 3. The van der Waals surface area contributed by atoms with E-state index in [1.807, 2.05) is 35.2 Å². The van der Waals surface area contributed by atoms with Gasteiger partial charge in [-0.15, -0.1) is 5.10 Å². The van der Waals surface area contributed by atoms with Crippen LogP contribution in [0.5, 0.6) is 0 Å². The first-order valence-electron chi connectivity index (χ1n) is 8.24. The first-order chi connectivity index (χ1) is 11.7. The van der Waals surface area contributed by atoms with Crippen LogP contribution in [0, 0.1) is 0 Å². The van der Waals surface area contributed by atoms with E-state index in [4.69, 9.17) is 0 Å². The van der Waals surface area contributed by atoms with Gasteiger partial charge in [0.15, 0.2) is 5.82 Å². The molecule has 2 unspecified atom stereocenters. The number of hydrogen-bond acceptors (Lipinski definition) is 4. The van der Waals surface area contributed by atoms with Gasteiger partial charge in [0.2, 0.25) is 0 Å². The molecule has 1 N–H and O–H groups in total. The highest BCUT2D eigenvalue weighted by Crippen LogP contribution is 2.34. The third-order valence-electron chi connectivity index (χ3n) is 4.74. The van der Waals surface area contributed by atoms with Crippen molar-refractivity contribution in [1.29, 1.82) is 0 Å². The predicted molar refractivity (Wildman–Crippen MR) is 87.5 cm³/mol. The lowest BCUT2D eigenvalue weighted by Gasteiger charge is -2.33. The summed E-state index contributed by atoms with van der Waals surface area (Å²) < 4.78 is 1.69. The molecule has 7 heteroatoms. The number of nitrogens with zero attached hydrogens (tertiary/aromatic N) is 4. The lowest BCUT2D eigenvalue weighted by atomic mass is 10.0. The number of carbonyl (C=O) groups excluding carboxylic acids is 2. The van der Waals surface area contributed by atoms with Crippen molar-refractivity contribution in [3.05, 3.63) is 42.1 Å². The summed E-state index contributed by atoms with van der Waals surface area (Å²) in [6.45, 7) is 0.604. The molecule has 7 nitrogen and oxygen atoms in total. The number of hydrogen-bond donors (Lipinski definition) is 1. The maximum atomic E-state index is 12.5. The van der Waals surface area contributed by atoms with Gasteiger partial charge in [0.05, 0.1) is 12.7 Å². The van der Waals surface area contributed by atoms with E-state index >= 15 is 0 Å². The van der Waals surface area contributed by atoms with Crippen molar-refractivity contribution in [2.24, 2.45) is 0 Å². The van der Waals surface area contributed by atoms with Gasteiger partial charge in [0.1, 0.15) is 5.78 Å². The van der Waals surface area contributed by atoms with E-state index in [9.17, 15) is 9.59 Å². The first kappa shape index (κ1) is 14.9. The fourth-order valence-corrected chi connectivity index (χ4v) is 3.68. The minimum atomic E-state index is -0.179. The maximum Gasteiger partial charge on any atom is 0.323 e. The van der Waals surface area contributed by atoms with Crippen LogP contribution in [0.1, 0.15) is 31.2 Å². The molecule has 1 aromatic heterocycles. The number of aromatic nitrogens is 3. The molecule has 124 valence electrons. The SMILES string of the molecule is O=C1CC2CCC(C1)N2C(=O)Nc1cn(Cc2ccccc2)nn1. The largest absolute Gasteiger partial charge is 0.323 e. The summed E-state index contributed by atoms with van der Waals surface area (Å²) in [5, 5.41) is 10.9. The molecule has 2 aromatic rings. The van der Waals surface area contributed by atoms with Crippen LogP contribution in [0.3, 0.4) is 0 Å². The quantitative estimate of drug-likeness (QED) is 0.936. The molecule has 0 saturated carbocycles. The van der Waals surface area contributed by atoms with Crippen molar-refractivity contribution >= 4 is 17.6 Å². The van der Waals surface area contributed by atoms with Crippen LogP contribution in [-0.2, 0) is 11.3 Å². The Morgan fingerprint density at radius 3 is 2.58 bits per heavy atom. The van der Waals surface area contributed by atoms with Crippen molar-refractivity contribution < 1.29 is 9.59 Å². The molecule has 2 atom stereocenters. The number of ketones is 1. The van der Waals surface area contributed by atoms with Gasteiger partial charge in [-0.2, -0.15) is 0 Å². The summed E-state index contributed by atoms with van der Waals surface area (Å²) in [5.41, 5.74) is 1.12. The van der Waals surface area contributed by atoms with Crippen LogP contribution in [0.2, 0.25) is 0 Å². The van der Waals surface area contributed by atoms with Crippen LogP contribution >= 0.6 is 0 Å². The smallest absolute Gasteiger partial charge is 0.318 e. The maximum absolute atomic E-state index is 12.5. The molecule has 2 aliphatic heterocycles. The van der Waals surface area contributed by atoms with E-state index in [1.165, 1.54) is 0 Å². The van der Waals surface area contributed by atoms with Crippen molar-refractivity contribution in [3.8, 4) is 0 Å². The van der Waals surface area contributed by atoms with Gasteiger partial charge in [-0.1, -0.05) is 35.5 Å². The molecular formula is C17H19N5O2. The molecular weight excluding hydrogens is 306 g/mol. The Bertz CT molecular complexity index is 741. The normalized spacial score (nSPS) is 22.7. The van der Waals surface area contributed by atoms with Crippen LogP contribution in [0.25, 0.3) is 0 Å². The van der Waals surface area contributed by atoms with Gasteiger partial charge in [-0.25, -0.2) is 9.48 Å². The summed E-state index contributed by atoms with van der Waals surface area (Å²) >= 11 is 0. The van der Waals surface area contributed by atoms with Gasteiger partial charge in [-0.3, -0.25) is 10.1 Å². The zero-order valence-electron chi connectivity index (χ0n) is 13.3. The number of carbonyl (C=O) groups is 2. The van der Waals surface area contributed by atoms with Gasteiger partial charge >= 0.3 is 6.03 Å². The molecule has 2 aliphatic rings. The molecule has 2 bridgehead atoms. The summed E-state index contributed by atoms with van der Waals surface area (Å²) in [6, 6.07) is 9.84. The van der Waals surface area contributed by atoms with E-state index in [0.29, 0.717) is 25.2 Å². The second-order valence-electron chi connectivity index (χ2n) is 6.46. The molecule has 24 heavy (non-hydrogen) atoms. The average molecular weight is 325 g/mol. The molecule has 1 aromatic carbocycles. The number of benzene rings is 1. The number of Topliss-reactive ketones (excluding diaryl/α,β-unsaturated/α-hetero) is 1. The molecule has 3 heterocycles. The minimum absolute atomic E-state index is 0.0376. The highest BCUT2D eigenvalue weighted by Gasteiger charge is 2.42. The van der Waals surface area contributed by atoms with E-state index in [1.54, 1.807) is 10.9 Å². The van der Waals surface area contributed by atoms with Crippen LogP contribution in [-0.4, -0.2) is 43.8 Å². The highest BCUT2D eigenvalue weighted by atomic mass is 16.2. The molecule has 0 radical (unpaired) electrons. The van der Waals surface area contributed by atoms with Crippen molar-refractivity contribution in [2.75, 3.05) is 5.32 Å².